The average Bonchev–Trinajstić information content (AvgIpc) is 2.60. The molecule has 4 aromatic rings. The minimum absolute atomic E-state index is 0.707. The zero-order valence-electron chi connectivity index (χ0n) is 12.6. The zero-order valence-corrected chi connectivity index (χ0v) is 13.3. The molecule has 3 aromatic carbocycles. The maximum atomic E-state index is 6.24. The number of halogens is 1. The summed E-state index contributed by atoms with van der Waals surface area (Å²) in [5, 5.41) is 2.81. The Kier molecular flexibility index (Phi) is 3.40. The van der Waals surface area contributed by atoms with Crippen LogP contribution in [-0.4, -0.2) is 12.1 Å². The summed E-state index contributed by atoms with van der Waals surface area (Å²) < 4.78 is 5.40. The third-order valence-corrected chi connectivity index (χ3v) is 4.24. The first kappa shape index (κ1) is 14.0. The number of benzene rings is 3. The summed E-state index contributed by atoms with van der Waals surface area (Å²) in [5.74, 6) is 0.817. The van der Waals surface area contributed by atoms with E-state index >= 15 is 0 Å². The van der Waals surface area contributed by atoms with Crippen molar-refractivity contribution in [1.29, 1.82) is 0 Å². The lowest BCUT2D eigenvalue weighted by Gasteiger charge is -2.12. The third-order valence-electron chi connectivity index (χ3n) is 4.00. The molecule has 0 bridgehead atoms. The monoisotopic (exact) mass is 319 g/mol. The van der Waals surface area contributed by atoms with E-state index in [9.17, 15) is 0 Å². The van der Waals surface area contributed by atoms with Crippen LogP contribution in [0.15, 0.2) is 66.7 Å². The fourth-order valence-electron chi connectivity index (χ4n) is 2.94. The van der Waals surface area contributed by atoms with Crippen molar-refractivity contribution in [1.82, 2.24) is 4.98 Å². The Balaban J connectivity index is 2.20. The molecule has 0 saturated heterocycles. The molecular weight excluding hydrogens is 306 g/mol. The maximum Gasteiger partial charge on any atom is 0.119 e. The molecule has 0 spiro atoms. The highest BCUT2D eigenvalue weighted by atomic mass is 35.5. The number of hydrogen-bond acceptors (Lipinski definition) is 2. The molecule has 0 aliphatic rings. The van der Waals surface area contributed by atoms with Gasteiger partial charge in [0, 0.05) is 21.4 Å². The van der Waals surface area contributed by atoms with Crippen LogP contribution < -0.4 is 4.74 Å². The van der Waals surface area contributed by atoms with Crippen molar-refractivity contribution in [2.24, 2.45) is 0 Å². The van der Waals surface area contributed by atoms with E-state index < -0.39 is 0 Å². The molecule has 23 heavy (non-hydrogen) atoms. The second-order valence-electron chi connectivity index (χ2n) is 5.40. The number of aromatic nitrogens is 1. The van der Waals surface area contributed by atoms with Crippen LogP contribution in [0.1, 0.15) is 0 Å². The first-order valence-corrected chi connectivity index (χ1v) is 7.76. The Morgan fingerprint density at radius 1 is 0.826 bits per heavy atom. The fourth-order valence-corrected chi connectivity index (χ4v) is 3.11. The van der Waals surface area contributed by atoms with E-state index in [0.29, 0.717) is 5.02 Å². The van der Waals surface area contributed by atoms with Gasteiger partial charge >= 0.3 is 0 Å². The van der Waals surface area contributed by atoms with E-state index in [1.54, 1.807) is 7.11 Å². The molecule has 0 aliphatic carbocycles. The van der Waals surface area contributed by atoms with Crippen LogP contribution in [0.3, 0.4) is 0 Å². The molecule has 1 aromatic heterocycles. The second-order valence-corrected chi connectivity index (χ2v) is 5.83. The first-order valence-electron chi connectivity index (χ1n) is 7.39. The van der Waals surface area contributed by atoms with Crippen molar-refractivity contribution in [3.8, 4) is 16.9 Å². The van der Waals surface area contributed by atoms with E-state index in [1.165, 1.54) is 0 Å². The van der Waals surface area contributed by atoms with Crippen LogP contribution in [-0.2, 0) is 0 Å². The van der Waals surface area contributed by atoms with Crippen LogP contribution in [0.2, 0.25) is 5.02 Å². The molecule has 0 saturated carbocycles. The number of nitrogens with zero attached hydrogens (tertiary/aromatic N) is 1. The molecule has 0 N–H and O–H groups in total. The minimum atomic E-state index is 0.707. The molecule has 0 atom stereocenters. The predicted molar refractivity (Wildman–Crippen MR) is 96.2 cm³/mol. The number of pyridine rings is 1. The molecule has 3 heteroatoms. The lowest BCUT2D eigenvalue weighted by Crippen LogP contribution is -1.90. The van der Waals surface area contributed by atoms with Crippen LogP contribution >= 0.6 is 11.6 Å². The van der Waals surface area contributed by atoms with Crippen molar-refractivity contribution in [2.75, 3.05) is 7.11 Å². The van der Waals surface area contributed by atoms with Crippen molar-refractivity contribution < 1.29 is 4.74 Å². The highest BCUT2D eigenvalue weighted by Gasteiger charge is 2.12. The molecule has 0 radical (unpaired) electrons. The van der Waals surface area contributed by atoms with Gasteiger partial charge in [-0.3, -0.25) is 0 Å². The Bertz CT molecular complexity index is 1010. The quantitative estimate of drug-likeness (QED) is 0.441. The fraction of sp³-hybridized carbons (Fsp3) is 0.0500. The SMILES string of the molecule is COc1ccc2nc3ccc(Cl)cc3c(-c3ccccc3)c2c1. The van der Waals surface area contributed by atoms with E-state index in [1.807, 2.05) is 54.6 Å². The summed E-state index contributed by atoms with van der Waals surface area (Å²) in [7, 11) is 1.68. The summed E-state index contributed by atoms with van der Waals surface area (Å²) in [6.45, 7) is 0. The molecule has 0 fully saturated rings. The van der Waals surface area contributed by atoms with Crippen LogP contribution in [0.4, 0.5) is 0 Å². The molecule has 0 unspecified atom stereocenters. The summed E-state index contributed by atoms with van der Waals surface area (Å²) in [4.78, 5) is 4.77. The van der Waals surface area contributed by atoms with Gasteiger partial charge in [-0.05, 0) is 42.0 Å². The maximum absolute atomic E-state index is 6.24. The number of rotatable bonds is 2. The van der Waals surface area contributed by atoms with E-state index in [2.05, 4.69) is 12.1 Å². The second kappa shape index (κ2) is 5.56. The number of methoxy groups -OCH3 is 1. The van der Waals surface area contributed by atoms with Crippen LogP contribution in [0.5, 0.6) is 5.75 Å². The number of fused-ring (bicyclic) bond motifs is 2. The highest BCUT2D eigenvalue weighted by molar-refractivity contribution is 6.31. The Labute approximate surface area is 139 Å². The van der Waals surface area contributed by atoms with Crippen molar-refractivity contribution >= 4 is 33.4 Å². The van der Waals surface area contributed by atoms with Crippen LogP contribution in [0.25, 0.3) is 32.9 Å². The summed E-state index contributed by atoms with van der Waals surface area (Å²) in [6, 6.07) is 22.1. The van der Waals surface area contributed by atoms with E-state index in [-0.39, 0.29) is 0 Å². The number of ether oxygens (including phenoxy) is 1. The smallest absolute Gasteiger partial charge is 0.119 e. The van der Waals surface area contributed by atoms with Gasteiger partial charge in [0.05, 0.1) is 18.1 Å². The molecule has 0 amide bonds. The van der Waals surface area contributed by atoms with Gasteiger partial charge < -0.3 is 4.74 Å². The van der Waals surface area contributed by atoms with Gasteiger partial charge in [0.2, 0.25) is 0 Å². The first-order chi connectivity index (χ1) is 11.3. The minimum Gasteiger partial charge on any atom is -0.497 e. The average molecular weight is 320 g/mol. The van der Waals surface area contributed by atoms with E-state index in [4.69, 9.17) is 21.3 Å². The highest BCUT2D eigenvalue weighted by Crippen LogP contribution is 2.37. The Morgan fingerprint density at radius 3 is 2.26 bits per heavy atom. The normalized spacial score (nSPS) is 11.0. The summed E-state index contributed by atoms with van der Waals surface area (Å²) in [5.41, 5.74) is 4.15. The molecular formula is C20H14ClNO. The van der Waals surface area contributed by atoms with Crippen molar-refractivity contribution in [3.63, 3.8) is 0 Å². The van der Waals surface area contributed by atoms with Gasteiger partial charge in [-0.1, -0.05) is 41.9 Å². The van der Waals surface area contributed by atoms with Crippen molar-refractivity contribution in [2.45, 2.75) is 0 Å². The van der Waals surface area contributed by atoms with Crippen LogP contribution in [0, 0.1) is 0 Å². The van der Waals surface area contributed by atoms with Gasteiger partial charge in [0.1, 0.15) is 5.75 Å². The lowest BCUT2D eigenvalue weighted by molar-refractivity contribution is 0.415. The predicted octanol–water partition coefficient (Wildman–Crippen LogP) is 5.72. The number of hydrogen-bond donors (Lipinski definition) is 0. The van der Waals surface area contributed by atoms with Gasteiger partial charge in [-0.15, -0.1) is 0 Å². The standard InChI is InChI=1S/C20H14ClNO/c1-23-15-8-10-19-17(12-15)20(13-5-3-2-4-6-13)16-11-14(21)7-9-18(16)22-19/h2-12H,1H3. The molecule has 2 nitrogen and oxygen atoms in total. The molecule has 0 aliphatic heterocycles. The topological polar surface area (TPSA) is 22.1 Å². The lowest BCUT2D eigenvalue weighted by atomic mass is 9.96. The third kappa shape index (κ3) is 2.41. The van der Waals surface area contributed by atoms with Gasteiger partial charge in [-0.25, -0.2) is 4.98 Å². The van der Waals surface area contributed by atoms with Gasteiger partial charge in [0.25, 0.3) is 0 Å². The summed E-state index contributed by atoms with van der Waals surface area (Å²) in [6.07, 6.45) is 0. The Hall–Kier alpha value is -2.58. The molecule has 1 heterocycles. The Morgan fingerprint density at radius 2 is 1.52 bits per heavy atom. The molecule has 4 rings (SSSR count). The molecule has 112 valence electrons. The van der Waals surface area contributed by atoms with Crippen molar-refractivity contribution in [3.05, 3.63) is 71.8 Å². The van der Waals surface area contributed by atoms with Gasteiger partial charge in [-0.2, -0.15) is 0 Å². The summed E-state index contributed by atoms with van der Waals surface area (Å²) >= 11 is 6.24. The largest absolute Gasteiger partial charge is 0.497 e. The zero-order chi connectivity index (χ0) is 15.8. The van der Waals surface area contributed by atoms with E-state index in [0.717, 1.165) is 38.7 Å². The van der Waals surface area contributed by atoms with Gasteiger partial charge in [0.15, 0.2) is 0 Å².